The second-order valence-electron chi connectivity index (χ2n) is 6.23. The van der Waals surface area contributed by atoms with Crippen molar-refractivity contribution in [1.82, 2.24) is 15.4 Å². The average Bonchev–Trinajstić information content (AvgIpc) is 2.68. The highest BCUT2D eigenvalue weighted by Crippen LogP contribution is 2.26. The highest BCUT2D eigenvalue weighted by atomic mass is 16.2. The van der Waals surface area contributed by atoms with Crippen LogP contribution in [-0.4, -0.2) is 35.2 Å². The average molecular weight is 345 g/mol. The molecule has 0 bridgehead atoms. The van der Waals surface area contributed by atoms with Gasteiger partial charge in [0.05, 0.1) is 30.0 Å². The number of aryl methyl sites for hydroxylation is 1. The van der Waals surface area contributed by atoms with Crippen molar-refractivity contribution in [3.8, 4) is 0 Å². The molecule has 6 nitrogen and oxygen atoms in total. The van der Waals surface area contributed by atoms with Gasteiger partial charge in [0.25, 0.3) is 5.91 Å². The summed E-state index contributed by atoms with van der Waals surface area (Å²) in [5, 5.41) is 4.02. The smallest absolute Gasteiger partial charge is 0.259 e. The molecule has 2 aromatic carbocycles. The van der Waals surface area contributed by atoms with Crippen molar-refractivity contribution in [3.05, 3.63) is 66.0 Å². The molecule has 3 aromatic rings. The SMILES string of the molecule is O=C(CN1CCCc2ccccc21)N/N=C\c1cnc2ccccc2n1. The van der Waals surface area contributed by atoms with Crippen molar-refractivity contribution in [2.24, 2.45) is 5.10 Å². The third-order valence-electron chi connectivity index (χ3n) is 4.39. The van der Waals surface area contributed by atoms with E-state index in [9.17, 15) is 4.79 Å². The fraction of sp³-hybridized carbons (Fsp3) is 0.200. The molecule has 0 unspecified atom stereocenters. The standard InChI is InChI=1S/C20H19N5O/c26-20(14-25-11-5-7-15-6-1-4-10-19(15)25)24-22-13-16-12-21-17-8-2-3-9-18(17)23-16/h1-4,6,8-10,12-13H,5,7,11,14H2,(H,24,26)/b22-13-. The Morgan fingerprint density at radius 3 is 2.88 bits per heavy atom. The number of carbonyl (C=O) groups is 1. The number of anilines is 1. The van der Waals surface area contributed by atoms with E-state index in [1.54, 1.807) is 6.20 Å². The third-order valence-corrected chi connectivity index (χ3v) is 4.39. The normalized spacial score (nSPS) is 13.8. The molecule has 1 amide bonds. The zero-order valence-corrected chi connectivity index (χ0v) is 14.3. The maximum absolute atomic E-state index is 12.2. The molecule has 26 heavy (non-hydrogen) atoms. The first-order chi connectivity index (χ1) is 12.8. The zero-order chi connectivity index (χ0) is 17.8. The molecule has 0 spiro atoms. The van der Waals surface area contributed by atoms with Crippen LogP contribution >= 0.6 is 0 Å². The minimum absolute atomic E-state index is 0.147. The van der Waals surface area contributed by atoms with Gasteiger partial charge < -0.3 is 4.90 Å². The Bertz CT molecular complexity index is 969. The molecule has 130 valence electrons. The number of rotatable bonds is 4. The van der Waals surface area contributed by atoms with E-state index in [-0.39, 0.29) is 12.5 Å². The van der Waals surface area contributed by atoms with Gasteiger partial charge in [-0.3, -0.25) is 9.78 Å². The fourth-order valence-electron chi connectivity index (χ4n) is 3.19. The molecule has 1 aliphatic heterocycles. The van der Waals surface area contributed by atoms with Gasteiger partial charge in [-0.2, -0.15) is 5.10 Å². The van der Waals surface area contributed by atoms with E-state index in [2.05, 4.69) is 37.5 Å². The zero-order valence-electron chi connectivity index (χ0n) is 14.3. The largest absolute Gasteiger partial charge is 0.362 e. The van der Waals surface area contributed by atoms with Crippen LogP contribution in [0, 0.1) is 0 Å². The lowest BCUT2D eigenvalue weighted by Gasteiger charge is -2.30. The van der Waals surface area contributed by atoms with E-state index >= 15 is 0 Å². The van der Waals surface area contributed by atoms with E-state index in [4.69, 9.17) is 0 Å². The summed E-state index contributed by atoms with van der Waals surface area (Å²) in [6.45, 7) is 1.17. The van der Waals surface area contributed by atoms with Crippen LogP contribution in [0.25, 0.3) is 11.0 Å². The number of nitrogens with zero attached hydrogens (tertiary/aromatic N) is 4. The topological polar surface area (TPSA) is 70.5 Å². The molecular weight excluding hydrogens is 326 g/mol. The highest BCUT2D eigenvalue weighted by Gasteiger charge is 2.18. The number of para-hydroxylation sites is 3. The Morgan fingerprint density at radius 1 is 1.15 bits per heavy atom. The number of amides is 1. The van der Waals surface area contributed by atoms with E-state index in [1.807, 2.05) is 36.4 Å². The number of fused-ring (bicyclic) bond motifs is 2. The summed E-state index contributed by atoms with van der Waals surface area (Å²) in [4.78, 5) is 23.1. The van der Waals surface area contributed by atoms with Gasteiger partial charge in [0, 0.05) is 12.2 Å². The summed E-state index contributed by atoms with van der Waals surface area (Å²) in [7, 11) is 0. The predicted molar refractivity (Wildman–Crippen MR) is 102 cm³/mol. The van der Waals surface area contributed by atoms with Crippen LogP contribution in [-0.2, 0) is 11.2 Å². The molecular formula is C20H19N5O. The molecule has 0 aliphatic carbocycles. The summed E-state index contributed by atoms with van der Waals surface area (Å²) >= 11 is 0. The number of aromatic nitrogens is 2. The molecule has 0 atom stereocenters. The van der Waals surface area contributed by atoms with Crippen molar-refractivity contribution in [3.63, 3.8) is 0 Å². The maximum Gasteiger partial charge on any atom is 0.259 e. The quantitative estimate of drug-likeness (QED) is 0.583. The van der Waals surface area contributed by atoms with Crippen molar-refractivity contribution in [2.75, 3.05) is 18.0 Å². The Hall–Kier alpha value is -3.28. The van der Waals surface area contributed by atoms with E-state index in [1.165, 1.54) is 11.8 Å². The van der Waals surface area contributed by atoms with Gasteiger partial charge in [-0.15, -0.1) is 0 Å². The monoisotopic (exact) mass is 345 g/mol. The molecule has 0 saturated carbocycles. The minimum atomic E-state index is -0.147. The molecule has 4 rings (SSSR count). The molecule has 0 fully saturated rings. The summed E-state index contributed by atoms with van der Waals surface area (Å²) in [5.74, 6) is -0.147. The Kier molecular flexibility index (Phi) is 4.55. The Morgan fingerprint density at radius 2 is 1.96 bits per heavy atom. The van der Waals surface area contributed by atoms with Crippen LogP contribution in [0.4, 0.5) is 5.69 Å². The second kappa shape index (κ2) is 7.31. The Labute approximate surface area is 151 Å². The van der Waals surface area contributed by atoms with Gasteiger partial charge in [-0.05, 0) is 36.6 Å². The molecule has 6 heteroatoms. The second-order valence-corrected chi connectivity index (χ2v) is 6.23. The number of hydrogen-bond donors (Lipinski definition) is 1. The lowest BCUT2D eigenvalue weighted by molar-refractivity contribution is -0.119. The van der Waals surface area contributed by atoms with E-state index in [0.717, 1.165) is 36.1 Å². The summed E-state index contributed by atoms with van der Waals surface area (Å²) in [6, 6.07) is 15.9. The van der Waals surface area contributed by atoms with Crippen molar-refractivity contribution in [2.45, 2.75) is 12.8 Å². The highest BCUT2D eigenvalue weighted by molar-refractivity contribution is 5.85. The number of benzene rings is 2. The number of carbonyl (C=O) groups excluding carboxylic acids is 1. The van der Waals surface area contributed by atoms with Crippen molar-refractivity contribution >= 4 is 28.8 Å². The van der Waals surface area contributed by atoms with Crippen molar-refractivity contribution in [1.29, 1.82) is 0 Å². The lowest BCUT2D eigenvalue weighted by atomic mass is 10.0. The molecule has 1 aromatic heterocycles. The number of hydrazone groups is 1. The van der Waals surface area contributed by atoms with Crippen LogP contribution in [0.15, 0.2) is 59.8 Å². The molecule has 0 radical (unpaired) electrons. The summed E-state index contributed by atoms with van der Waals surface area (Å²) in [5.41, 5.74) is 7.24. The molecule has 2 heterocycles. The first-order valence-corrected chi connectivity index (χ1v) is 8.66. The van der Waals surface area contributed by atoms with Gasteiger partial charge in [-0.25, -0.2) is 10.4 Å². The third kappa shape index (κ3) is 3.54. The van der Waals surface area contributed by atoms with Crippen LogP contribution < -0.4 is 10.3 Å². The van der Waals surface area contributed by atoms with Crippen LogP contribution in [0.3, 0.4) is 0 Å². The van der Waals surface area contributed by atoms with E-state index in [0.29, 0.717) is 5.69 Å². The Balaban J connectivity index is 1.38. The summed E-state index contributed by atoms with van der Waals surface area (Å²) < 4.78 is 0. The van der Waals surface area contributed by atoms with Gasteiger partial charge in [0.2, 0.25) is 0 Å². The molecule has 1 N–H and O–H groups in total. The van der Waals surface area contributed by atoms with Gasteiger partial charge in [0.15, 0.2) is 0 Å². The number of nitrogens with one attached hydrogen (secondary N) is 1. The predicted octanol–water partition coefficient (Wildman–Crippen LogP) is 2.53. The number of hydrogen-bond acceptors (Lipinski definition) is 5. The lowest BCUT2D eigenvalue weighted by Crippen LogP contribution is -2.38. The first kappa shape index (κ1) is 16.2. The van der Waals surface area contributed by atoms with Gasteiger partial charge in [0.1, 0.15) is 5.69 Å². The molecule has 0 saturated heterocycles. The molecule has 1 aliphatic rings. The van der Waals surface area contributed by atoms with Crippen LogP contribution in [0.5, 0.6) is 0 Å². The maximum atomic E-state index is 12.2. The van der Waals surface area contributed by atoms with Gasteiger partial charge >= 0.3 is 0 Å². The summed E-state index contributed by atoms with van der Waals surface area (Å²) in [6.07, 6.45) is 5.27. The van der Waals surface area contributed by atoms with Crippen LogP contribution in [0.1, 0.15) is 17.7 Å². The van der Waals surface area contributed by atoms with Crippen molar-refractivity contribution < 1.29 is 4.79 Å². The van der Waals surface area contributed by atoms with Gasteiger partial charge in [-0.1, -0.05) is 30.3 Å². The van der Waals surface area contributed by atoms with Crippen LogP contribution in [0.2, 0.25) is 0 Å². The minimum Gasteiger partial charge on any atom is -0.362 e. The van der Waals surface area contributed by atoms with E-state index < -0.39 is 0 Å². The first-order valence-electron chi connectivity index (χ1n) is 8.66. The fourth-order valence-corrected chi connectivity index (χ4v) is 3.19.